The fraction of sp³-hybridized carbons (Fsp3) is 0.444. The van der Waals surface area contributed by atoms with E-state index in [1.807, 2.05) is 12.2 Å². The fourth-order valence-corrected chi connectivity index (χ4v) is 2.20. The molecule has 1 N–H and O–H groups in total. The van der Waals surface area contributed by atoms with E-state index in [2.05, 4.69) is 74.5 Å². The lowest BCUT2D eigenvalue weighted by Crippen LogP contribution is -2.43. The van der Waals surface area contributed by atoms with E-state index in [1.54, 1.807) is 0 Å². The zero-order chi connectivity index (χ0) is 15.0. The lowest BCUT2D eigenvalue weighted by atomic mass is 10.0. The molecule has 2 heteroatoms. The maximum atomic E-state index is 3.87. The average molecular weight is 272 g/mol. The van der Waals surface area contributed by atoms with Gasteiger partial charge in [-0.3, -0.25) is 4.90 Å². The minimum atomic E-state index is 0.112. The summed E-state index contributed by atoms with van der Waals surface area (Å²) in [5.74, 6) is 0. The second-order valence-corrected chi connectivity index (χ2v) is 6.09. The summed E-state index contributed by atoms with van der Waals surface area (Å²) in [5.41, 5.74) is 1.44. The van der Waals surface area contributed by atoms with Gasteiger partial charge in [0.1, 0.15) is 0 Å². The molecular formula is C18H28N2. The van der Waals surface area contributed by atoms with Gasteiger partial charge in [0, 0.05) is 31.2 Å². The molecule has 1 rings (SSSR count). The van der Waals surface area contributed by atoms with Crippen LogP contribution in [0.25, 0.3) is 0 Å². The summed E-state index contributed by atoms with van der Waals surface area (Å²) < 4.78 is 0. The van der Waals surface area contributed by atoms with Gasteiger partial charge in [0.15, 0.2) is 0 Å². The highest BCUT2D eigenvalue weighted by Gasteiger charge is 2.20. The average Bonchev–Trinajstić information content (AvgIpc) is 2.39. The molecule has 20 heavy (non-hydrogen) atoms. The number of rotatable bonds is 8. The van der Waals surface area contributed by atoms with E-state index in [0.717, 1.165) is 19.6 Å². The summed E-state index contributed by atoms with van der Waals surface area (Å²) in [7, 11) is 0. The van der Waals surface area contributed by atoms with Crippen molar-refractivity contribution >= 4 is 0 Å². The van der Waals surface area contributed by atoms with Gasteiger partial charge in [-0.2, -0.15) is 0 Å². The lowest BCUT2D eigenvalue weighted by Gasteiger charge is -2.33. The molecule has 1 atom stereocenters. The Balaban J connectivity index is 2.92. The lowest BCUT2D eigenvalue weighted by molar-refractivity contribution is 0.221. The van der Waals surface area contributed by atoms with Crippen LogP contribution < -0.4 is 5.32 Å². The maximum Gasteiger partial charge on any atom is 0.0479 e. The largest absolute Gasteiger partial charge is 0.310 e. The maximum absolute atomic E-state index is 3.87. The molecule has 0 aliphatic rings. The number of nitrogens with zero attached hydrogens (tertiary/aromatic N) is 1. The normalized spacial score (nSPS) is 13.2. The van der Waals surface area contributed by atoms with E-state index < -0.39 is 0 Å². The van der Waals surface area contributed by atoms with Crippen LogP contribution in [0.2, 0.25) is 0 Å². The molecule has 0 heterocycles. The molecule has 1 unspecified atom stereocenters. The number of hydrogen-bond donors (Lipinski definition) is 1. The van der Waals surface area contributed by atoms with Crippen LogP contribution in [0.4, 0.5) is 0 Å². The summed E-state index contributed by atoms with van der Waals surface area (Å²) in [6.07, 6.45) is 3.91. The van der Waals surface area contributed by atoms with E-state index in [9.17, 15) is 0 Å². The van der Waals surface area contributed by atoms with E-state index in [-0.39, 0.29) is 5.54 Å². The van der Waals surface area contributed by atoms with Crippen molar-refractivity contribution in [3.8, 4) is 0 Å². The molecule has 0 saturated heterocycles. The number of hydrogen-bond acceptors (Lipinski definition) is 2. The molecule has 0 fully saturated rings. The van der Waals surface area contributed by atoms with E-state index in [1.165, 1.54) is 5.56 Å². The van der Waals surface area contributed by atoms with Crippen molar-refractivity contribution in [3.05, 3.63) is 61.2 Å². The van der Waals surface area contributed by atoms with Crippen molar-refractivity contribution < 1.29 is 0 Å². The third-order valence-corrected chi connectivity index (χ3v) is 3.18. The van der Waals surface area contributed by atoms with Crippen molar-refractivity contribution in [2.75, 3.05) is 19.6 Å². The topological polar surface area (TPSA) is 15.3 Å². The highest BCUT2D eigenvalue weighted by molar-refractivity contribution is 5.20. The van der Waals surface area contributed by atoms with Crippen LogP contribution in [-0.4, -0.2) is 30.1 Å². The summed E-state index contributed by atoms with van der Waals surface area (Å²) in [5, 5.41) is 3.61. The van der Waals surface area contributed by atoms with Crippen molar-refractivity contribution in [2.45, 2.75) is 32.4 Å². The third kappa shape index (κ3) is 5.72. The first-order valence-electron chi connectivity index (χ1n) is 7.23. The van der Waals surface area contributed by atoms with Crippen LogP contribution in [0.15, 0.2) is 55.6 Å². The molecule has 0 radical (unpaired) electrons. The molecular weight excluding hydrogens is 244 g/mol. The highest BCUT2D eigenvalue weighted by atomic mass is 15.2. The Hall–Kier alpha value is -1.38. The van der Waals surface area contributed by atoms with Crippen LogP contribution in [0.3, 0.4) is 0 Å². The Bertz CT molecular complexity index is 393. The molecule has 1 aromatic carbocycles. The SMILES string of the molecule is C=CCN(CC=C)C(CNC(C)(C)C)c1ccccc1. The predicted octanol–water partition coefficient (Wildman–Crippen LogP) is 3.79. The van der Waals surface area contributed by atoms with E-state index >= 15 is 0 Å². The van der Waals surface area contributed by atoms with Crippen molar-refractivity contribution in [3.63, 3.8) is 0 Å². The second-order valence-electron chi connectivity index (χ2n) is 6.09. The van der Waals surface area contributed by atoms with E-state index in [4.69, 9.17) is 0 Å². The summed E-state index contributed by atoms with van der Waals surface area (Å²) in [4.78, 5) is 2.38. The molecule has 1 aromatic rings. The molecule has 0 spiro atoms. The standard InChI is InChI=1S/C18H28N2/c1-6-13-20(14-7-2)17(15-19-18(3,4)5)16-11-9-8-10-12-16/h6-12,17,19H,1-2,13-15H2,3-5H3. The zero-order valence-corrected chi connectivity index (χ0v) is 13.1. The van der Waals surface area contributed by atoms with Gasteiger partial charge in [-0.1, -0.05) is 42.5 Å². The van der Waals surface area contributed by atoms with Crippen LogP contribution >= 0.6 is 0 Å². The van der Waals surface area contributed by atoms with Gasteiger partial charge < -0.3 is 5.32 Å². The van der Waals surface area contributed by atoms with Gasteiger partial charge >= 0.3 is 0 Å². The van der Waals surface area contributed by atoms with Crippen LogP contribution in [0.5, 0.6) is 0 Å². The Kier molecular flexibility index (Phi) is 6.69. The molecule has 0 amide bonds. The summed E-state index contributed by atoms with van der Waals surface area (Å²) >= 11 is 0. The van der Waals surface area contributed by atoms with Gasteiger partial charge in [0.05, 0.1) is 0 Å². The molecule has 110 valence electrons. The van der Waals surface area contributed by atoms with Crippen molar-refractivity contribution in [2.24, 2.45) is 0 Å². The van der Waals surface area contributed by atoms with Crippen molar-refractivity contribution in [1.29, 1.82) is 0 Å². The third-order valence-electron chi connectivity index (χ3n) is 3.18. The fourth-order valence-electron chi connectivity index (χ4n) is 2.20. The monoisotopic (exact) mass is 272 g/mol. The predicted molar refractivity (Wildman–Crippen MR) is 88.9 cm³/mol. The molecule has 0 saturated carbocycles. The van der Waals surface area contributed by atoms with Gasteiger partial charge in [-0.15, -0.1) is 13.2 Å². The first-order valence-corrected chi connectivity index (χ1v) is 7.23. The summed E-state index contributed by atoms with van der Waals surface area (Å²) in [6, 6.07) is 11.0. The van der Waals surface area contributed by atoms with Gasteiger partial charge in [-0.25, -0.2) is 0 Å². The first-order chi connectivity index (χ1) is 9.48. The van der Waals surface area contributed by atoms with Gasteiger partial charge in [0.2, 0.25) is 0 Å². The Morgan fingerprint density at radius 3 is 2.10 bits per heavy atom. The first kappa shape index (κ1) is 16.7. The Morgan fingerprint density at radius 1 is 1.10 bits per heavy atom. The highest BCUT2D eigenvalue weighted by Crippen LogP contribution is 2.20. The van der Waals surface area contributed by atoms with Crippen LogP contribution in [0, 0.1) is 0 Å². The van der Waals surface area contributed by atoms with Crippen molar-refractivity contribution in [1.82, 2.24) is 10.2 Å². The number of benzene rings is 1. The molecule has 0 aliphatic heterocycles. The Morgan fingerprint density at radius 2 is 1.65 bits per heavy atom. The van der Waals surface area contributed by atoms with Gasteiger partial charge in [0.25, 0.3) is 0 Å². The van der Waals surface area contributed by atoms with Crippen LogP contribution in [0.1, 0.15) is 32.4 Å². The Labute approximate surface area is 124 Å². The second kappa shape index (κ2) is 8.03. The minimum Gasteiger partial charge on any atom is -0.310 e. The van der Waals surface area contributed by atoms with Gasteiger partial charge in [-0.05, 0) is 26.3 Å². The smallest absolute Gasteiger partial charge is 0.0479 e. The molecule has 0 bridgehead atoms. The van der Waals surface area contributed by atoms with E-state index in [0.29, 0.717) is 6.04 Å². The molecule has 2 nitrogen and oxygen atoms in total. The van der Waals surface area contributed by atoms with Crippen LogP contribution in [-0.2, 0) is 0 Å². The molecule has 0 aliphatic carbocycles. The minimum absolute atomic E-state index is 0.112. The zero-order valence-electron chi connectivity index (χ0n) is 13.1. The summed E-state index contributed by atoms with van der Waals surface area (Å²) in [6.45, 7) is 17.0. The molecule has 0 aromatic heterocycles. The quantitative estimate of drug-likeness (QED) is 0.724. The number of nitrogens with one attached hydrogen (secondary N) is 1.